The molecule has 3 rings (SSSR count). The Bertz CT molecular complexity index is 517. The molecule has 0 bridgehead atoms. The fourth-order valence-electron chi connectivity index (χ4n) is 2.25. The molecule has 1 heterocycles. The molecule has 2 aromatic carbocycles. The molecule has 0 saturated carbocycles. The Morgan fingerprint density at radius 3 is 1.71 bits per heavy atom. The largest absolute Gasteiger partial charge is 0.340 e. The lowest BCUT2D eigenvalue weighted by molar-refractivity contribution is 0.339. The maximum absolute atomic E-state index is 9.09. The van der Waals surface area contributed by atoms with Crippen LogP contribution >= 0.6 is 0 Å². The molecule has 0 radical (unpaired) electrons. The molecule has 1 aliphatic heterocycles. The van der Waals surface area contributed by atoms with E-state index in [4.69, 9.17) is 10.00 Å². The van der Waals surface area contributed by atoms with Crippen molar-refractivity contribution in [1.82, 2.24) is 0 Å². The van der Waals surface area contributed by atoms with Gasteiger partial charge in [-0.25, -0.2) is 0 Å². The van der Waals surface area contributed by atoms with Gasteiger partial charge in [0.25, 0.3) is 0 Å². The molecule has 1 aliphatic rings. The molecule has 0 aliphatic carbocycles. The van der Waals surface area contributed by atoms with Crippen LogP contribution in [0.4, 0.5) is 0 Å². The van der Waals surface area contributed by atoms with Crippen LogP contribution in [0.2, 0.25) is 0 Å². The molecule has 0 amide bonds. The first kappa shape index (κ1) is 10.1. The van der Waals surface area contributed by atoms with E-state index in [2.05, 4.69) is 6.07 Å². The van der Waals surface area contributed by atoms with Crippen molar-refractivity contribution in [3.05, 3.63) is 71.8 Å². The molecule has 1 atom stereocenters. The molecule has 0 spiro atoms. The van der Waals surface area contributed by atoms with Crippen molar-refractivity contribution >= 4 is 0 Å². The van der Waals surface area contributed by atoms with Crippen molar-refractivity contribution in [3.63, 3.8) is 0 Å². The van der Waals surface area contributed by atoms with Gasteiger partial charge in [-0.2, -0.15) is 5.26 Å². The third-order valence-corrected chi connectivity index (χ3v) is 3.14. The summed E-state index contributed by atoms with van der Waals surface area (Å²) in [4.78, 5) is 0. The Labute approximate surface area is 100 Å². The van der Waals surface area contributed by atoms with Crippen molar-refractivity contribution in [2.24, 2.45) is 0 Å². The zero-order valence-corrected chi connectivity index (χ0v) is 9.21. The molecule has 2 nitrogen and oxygen atoms in total. The van der Waals surface area contributed by atoms with Gasteiger partial charge in [0.05, 0.1) is 6.07 Å². The summed E-state index contributed by atoms with van der Waals surface area (Å²) in [5.41, 5.74) is 1.52. The van der Waals surface area contributed by atoms with E-state index in [0.717, 1.165) is 11.1 Å². The monoisotopic (exact) mass is 221 g/mol. The molecule has 1 fully saturated rings. The fraction of sp³-hybridized carbons (Fsp3) is 0.133. The Balaban J connectivity index is 2.12. The van der Waals surface area contributed by atoms with Crippen molar-refractivity contribution in [1.29, 1.82) is 5.26 Å². The summed E-state index contributed by atoms with van der Waals surface area (Å²) in [5.74, 6) is 0. The molecule has 82 valence electrons. The second kappa shape index (κ2) is 3.73. The molecule has 17 heavy (non-hydrogen) atoms. The summed E-state index contributed by atoms with van der Waals surface area (Å²) < 4.78 is 5.66. The number of rotatable bonds is 2. The second-order valence-electron chi connectivity index (χ2n) is 4.09. The average Bonchev–Trinajstić information content (AvgIpc) is 3.17. The zero-order valence-electron chi connectivity index (χ0n) is 9.21. The van der Waals surface area contributed by atoms with Crippen molar-refractivity contribution in [3.8, 4) is 6.07 Å². The van der Waals surface area contributed by atoms with Crippen LogP contribution in [0.25, 0.3) is 0 Å². The van der Waals surface area contributed by atoms with Gasteiger partial charge in [0, 0.05) is 0 Å². The van der Waals surface area contributed by atoms with Crippen LogP contribution < -0.4 is 0 Å². The lowest BCUT2D eigenvalue weighted by Crippen LogP contribution is -2.13. The maximum atomic E-state index is 9.09. The Morgan fingerprint density at radius 2 is 1.35 bits per heavy atom. The van der Waals surface area contributed by atoms with Crippen LogP contribution in [0, 0.1) is 11.3 Å². The molecule has 0 unspecified atom stereocenters. The van der Waals surface area contributed by atoms with Crippen LogP contribution in [0.15, 0.2) is 60.7 Å². The lowest BCUT2D eigenvalue weighted by Gasteiger charge is -2.12. The van der Waals surface area contributed by atoms with Crippen LogP contribution in [-0.2, 0) is 10.3 Å². The third-order valence-electron chi connectivity index (χ3n) is 3.14. The van der Waals surface area contributed by atoms with Crippen LogP contribution in [0.1, 0.15) is 11.1 Å². The van der Waals surface area contributed by atoms with Gasteiger partial charge in [-0.05, 0) is 11.1 Å². The Hall–Kier alpha value is -2.11. The van der Waals surface area contributed by atoms with Gasteiger partial charge in [0.1, 0.15) is 0 Å². The smallest absolute Gasteiger partial charge is 0.183 e. The molecule has 1 saturated heterocycles. The van der Waals surface area contributed by atoms with Gasteiger partial charge in [0.2, 0.25) is 0 Å². The maximum Gasteiger partial charge on any atom is 0.183 e. The minimum Gasteiger partial charge on any atom is -0.340 e. The van der Waals surface area contributed by atoms with Crippen LogP contribution in [0.5, 0.6) is 0 Å². The summed E-state index contributed by atoms with van der Waals surface area (Å²) in [6.45, 7) is 0. The normalized spacial score (nSPS) is 20.5. The fourth-order valence-corrected chi connectivity index (χ4v) is 2.25. The molecule has 2 aromatic rings. The summed E-state index contributed by atoms with van der Waals surface area (Å²) in [6, 6.07) is 22.0. The van der Waals surface area contributed by atoms with Crippen LogP contribution in [-0.4, -0.2) is 6.10 Å². The highest BCUT2D eigenvalue weighted by Gasteiger charge is 2.59. The van der Waals surface area contributed by atoms with E-state index >= 15 is 0 Å². The SMILES string of the molecule is N#C[C@@H]1OC1(c1ccccc1)c1ccccc1. The topological polar surface area (TPSA) is 36.3 Å². The number of hydrogen-bond acceptors (Lipinski definition) is 2. The first-order chi connectivity index (χ1) is 8.38. The highest BCUT2D eigenvalue weighted by atomic mass is 16.6. The number of benzene rings is 2. The zero-order chi connectivity index (χ0) is 11.7. The Morgan fingerprint density at radius 1 is 0.882 bits per heavy atom. The van der Waals surface area contributed by atoms with E-state index in [1.807, 2.05) is 60.7 Å². The number of epoxide rings is 1. The van der Waals surface area contributed by atoms with E-state index < -0.39 is 5.60 Å². The Kier molecular flexibility index (Phi) is 2.21. The molecular weight excluding hydrogens is 210 g/mol. The van der Waals surface area contributed by atoms with Gasteiger partial charge >= 0.3 is 0 Å². The quantitative estimate of drug-likeness (QED) is 0.731. The summed E-state index contributed by atoms with van der Waals surface area (Å²) in [7, 11) is 0. The minimum absolute atomic E-state index is 0.382. The summed E-state index contributed by atoms with van der Waals surface area (Å²) in [5, 5.41) is 9.09. The van der Waals surface area contributed by atoms with Gasteiger partial charge < -0.3 is 4.74 Å². The third kappa shape index (κ3) is 1.44. The second-order valence-corrected chi connectivity index (χ2v) is 4.09. The first-order valence-electron chi connectivity index (χ1n) is 5.56. The highest BCUT2D eigenvalue weighted by Crippen LogP contribution is 2.51. The van der Waals surface area contributed by atoms with Gasteiger partial charge in [-0.1, -0.05) is 60.7 Å². The number of nitrogens with zero attached hydrogens (tertiary/aromatic N) is 1. The van der Waals surface area contributed by atoms with Gasteiger partial charge in [-0.15, -0.1) is 0 Å². The van der Waals surface area contributed by atoms with E-state index in [1.54, 1.807) is 0 Å². The number of nitriles is 1. The minimum atomic E-state index is -0.558. The van der Waals surface area contributed by atoms with E-state index in [1.165, 1.54) is 0 Å². The van der Waals surface area contributed by atoms with Crippen molar-refractivity contribution in [2.45, 2.75) is 11.7 Å². The molecular formula is C15H11NO. The first-order valence-corrected chi connectivity index (χ1v) is 5.56. The van der Waals surface area contributed by atoms with Gasteiger partial charge in [-0.3, -0.25) is 0 Å². The standard InChI is InChI=1S/C15H11NO/c16-11-14-15(17-14,12-7-3-1-4-8-12)13-9-5-2-6-10-13/h1-10,14H/t14-/m0/s1. The van der Waals surface area contributed by atoms with Gasteiger partial charge in [0.15, 0.2) is 11.7 Å². The van der Waals surface area contributed by atoms with Crippen molar-refractivity contribution < 1.29 is 4.74 Å². The molecule has 0 N–H and O–H groups in total. The number of ether oxygens (including phenoxy) is 1. The predicted molar refractivity (Wildman–Crippen MR) is 64.2 cm³/mol. The van der Waals surface area contributed by atoms with E-state index in [0.29, 0.717) is 0 Å². The van der Waals surface area contributed by atoms with Crippen molar-refractivity contribution in [2.75, 3.05) is 0 Å². The average molecular weight is 221 g/mol. The summed E-state index contributed by atoms with van der Waals surface area (Å²) in [6.07, 6.45) is -0.382. The molecule has 2 heteroatoms. The molecule has 0 aromatic heterocycles. The van der Waals surface area contributed by atoms with Crippen LogP contribution in [0.3, 0.4) is 0 Å². The highest BCUT2D eigenvalue weighted by molar-refractivity contribution is 5.45. The lowest BCUT2D eigenvalue weighted by atomic mass is 9.88. The summed E-state index contributed by atoms with van der Waals surface area (Å²) >= 11 is 0. The van der Waals surface area contributed by atoms with E-state index in [9.17, 15) is 0 Å². The van der Waals surface area contributed by atoms with E-state index in [-0.39, 0.29) is 6.10 Å². The number of hydrogen-bond donors (Lipinski definition) is 0. The predicted octanol–water partition coefficient (Wildman–Crippen LogP) is 2.85.